The Labute approximate surface area is 139 Å². The van der Waals surface area contributed by atoms with Gasteiger partial charge >= 0.3 is 0 Å². The van der Waals surface area contributed by atoms with Gasteiger partial charge < -0.3 is 11.1 Å². The predicted octanol–water partition coefficient (Wildman–Crippen LogP) is 2.79. The molecular weight excluding hydrogens is 309 g/mol. The third-order valence-electron chi connectivity index (χ3n) is 4.00. The summed E-state index contributed by atoms with van der Waals surface area (Å²) < 4.78 is 0. The molecule has 1 fully saturated rings. The number of hydrogen-bond donors (Lipinski definition) is 2. The normalized spacial score (nSPS) is 20.9. The molecule has 2 unspecified atom stereocenters. The highest BCUT2D eigenvalue weighted by Gasteiger charge is 2.26. The number of carbonyl (C=O) groups excluding carboxylic acids is 1. The zero-order chi connectivity index (χ0) is 13.8. The summed E-state index contributed by atoms with van der Waals surface area (Å²) in [7, 11) is 0. The summed E-state index contributed by atoms with van der Waals surface area (Å²) >= 11 is 0. The smallest absolute Gasteiger partial charge is 0.253 e. The van der Waals surface area contributed by atoms with E-state index in [4.69, 9.17) is 5.73 Å². The molecule has 0 radical (unpaired) electrons. The van der Waals surface area contributed by atoms with Crippen molar-refractivity contribution < 1.29 is 4.79 Å². The van der Waals surface area contributed by atoms with Gasteiger partial charge in [0.25, 0.3) is 5.91 Å². The molecule has 0 aliphatic heterocycles. The van der Waals surface area contributed by atoms with Crippen molar-refractivity contribution in [3.05, 3.63) is 29.1 Å². The van der Waals surface area contributed by atoms with Crippen molar-refractivity contribution in [1.29, 1.82) is 0 Å². The number of halogens is 2. The number of nitrogens with two attached hydrogens (primary N) is 1. The molecule has 0 bridgehead atoms. The van der Waals surface area contributed by atoms with Crippen LogP contribution in [0, 0.1) is 19.8 Å². The van der Waals surface area contributed by atoms with Gasteiger partial charge in [0.1, 0.15) is 0 Å². The van der Waals surface area contributed by atoms with Crippen LogP contribution in [-0.4, -0.2) is 23.5 Å². The minimum absolute atomic E-state index is 0. The molecule has 2 rings (SSSR count). The van der Waals surface area contributed by atoms with Crippen molar-refractivity contribution in [3.8, 4) is 0 Å². The molecule has 1 aliphatic carbocycles. The second-order valence-electron chi connectivity index (χ2n) is 5.45. The first-order valence-electron chi connectivity index (χ1n) is 7.07. The zero-order valence-electron chi connectivity index (χ0n) is 12.6. The minimum atomic E-state index is -0.0182. The summed E-state index contributed by atoms with van der Waals surface area (Å²) in [6.07, 6.45) is 4.55. The van der Waals surface area contributed by atoms with Crippen molar-refractivity contribution in [2.75, 3.05) is 6.54 Å². The van der Waals surface area contributed by atoms with Gasteiger partial charge in [0.15, 0.2) is 0 Å². The SMILES string of the molecule is Cc1ccc(C(=O)NC2CCCCC2CN)c(C)n1.Cl.Cl. The van der Waals surface area contributed by atoms with Gasteiger partial charge in [-0.05, 0) is 51.3 Å². The number of aryl methyl sites for hydroxylation is 2. The Hall–Kier alpha value is -0.840. The molecule has 120 valence electrons. The predicted molar refractivity (Wildman–Crippen MR) is 90.5 cm³/mol. The van der Waals surface area contributed by atoms with E-state index in [0.29, 0.717) is 18.0 Å². The minimum Gasteiger partial charge on any atom is -0.349 e. The molecule has 1 aliphatic rings. The van der Waals surface area contributed by atoms with E-state index in [-0.39, 0.29) is 36.8 Å². The fraction of sp³-hybridized carbons (Fsp3) is 0.600. The molecule has 0 spiro atoms. The largest absolute Gasteiger partial charge is 0.349 e. The van der Waals surface area contributed by atoms with Crippen LogP contribution in [0.3, 0.4) is 0 Å². The van der Waals surface area contributed by atoms with Crippen LogP contribution in [0.2, 0.25) is 0 Å². The van der Waals surface area contributed by atoms with E-state index in [1.54, 1.807) is 0 Å². The average molecular weight is 334 g/mol. The zero-order valence-corrected chi connectivity index (χ0v) is 14.2. The maximum atomic E-state index is 12.3. The maximum Gasteiger partial charge on any atom is 0.253 e. The molecule has 0 saturated heterocycles. The molecule has 21 heavy (non-hydrogen) atoms. The first-order valence-corrected chi connectivity index (χ1v) is 7.07. The molecule has 4 nitrogen and oxygen atoms in total. The van der Waals surface area contributed by atoms with Crippen LogP contribution < -0.4 is 11.1 Å². The third kappa shape index (κ3) is 5.13. The highest BCUT2D eigenvalue weighted by molar-refractivity contribution is 5.95. The summed E-state index contributed by atoms with van der Waals surface area (Å²) in [6.45, 7) is 4.46. The summed E-state index contributed by atoms with van der Waals surface area (Å²) in [5.41, 5.74) is 8.19. The van der Waals surface area contributed by atoms with Crippen LogP contribution in [0.1, 0.15) is 47.4 Å². The van der Waals surface area contributed by atoms with Gasteiger partial charge in [-0.3, -0.25) is 9.78 Å². The van der Waals surface area contributed by atoms with Gasteiger partial charge in [-0.25, -0.2) is 0 Å². The lowest BCUT2D eigenvalue weighted by molar-refractivity contribution is 0.0907. The Kier molecular flexibility index (Phi) is 8.86. The van der Waals surface area contributed by atoms with Gasteiger partial charge in [-0.2, -0.15) is 0 Å². The van der Waals surface area contributed by atoms with Crippen LogP contribution in [0.15, 0.2) is 12.1 Å². The number of hydrogen-bond acceptors (Lipinski definition) is 3. The van der Waals surface area contributed by atoms with Crippen LogP contribution in [0.25, 0.3) is 0 Å². The fourth-order valence-electron chi connectivity index (χ4n) is 2.85. The standard InChI is InChI=1S/C15H23N3O.2ClH/c1-10-7-8-13(11(2)17-10)15(19)18-14-6-4-3-5-12(14)9-16;;/h7-8,12,14H,3-6,9,16H2,1-2H3,(H,18,19);2*1H. The van der Waals surface area contributed by atoms with Crippen molar-refractivity contribution in [2.24, 2.45) is 11.7 Å². The quantitative estimate of drug-likeness (QED) is 0.893. The average Bonchev–Trinajstić information content (AvgIpc) is 2.39. The number of pyridine rings is 1. The van der Waals surface area contributed by atoms with Gasteiger partial charge in [-0.1, -0.05) is 12.8 Å². The Morgan fingerprint density at radius 2 is 1.95 bits per heavy atom. The van der Waals surface area contributed by atoms with Crippen LogP contribution in [0.5, 0.6) is 0 Å². The van der Waals surface area contributed by atoms with Crippen LogP contribution in [-0.2, 0) is 0 Å². The second kappa shape index (κ2) is 9.23. The number of nitrogens with zero attached hydrogens (tertiary/aromatic N) is 1. The van der Waals surface area contributed by atoms with Crippen molar-refractivity contribution in [1.82, 2.24) is 10.3 Å². The van der Waals surface area contributed by atoms with E-state index in [0.717, 1.165) is 24.2 Å². The summed E-state index contributed by atoms with van der Waals surface area (Å²) in [6, 6.07) is 3.95. The second-order valence-corrected chi connectivity index (χ2v) is 5.45. The third-order valence-corrected chi connectivity index (χ3v) is 4.00. The number of amides is 1. The molecule has 0 aromatic carbocycles. The molecule has 6 heteroatoms. The maximum absolute atomic E-state index is 12.3. The Balaban J connectivity index is 0.00000200. The lowest BCUT2D eigenvalue weighted by Crippen LogP contribution is -2.44. The monoisotopic (exact) mass is 333 g/mol. The lowest BCUT2D eigenvalue weighted by Gasteiger charge is -2.31. The lowest BCUT2D eigenvalue weighted by atomic mass is 9.84. The number of carbonyl (C=O) groups is 1. The van der Waals surface area contributed by atoms with E-state index in [1.807, 2.05) is 26.0 Å². The van der Waals surface area contributed by atoms with E-state index in [1.165, 1.54) is 12.8 Å². The summed E-state index contributed by atoms with van der Waals surface area (Å²) in [5, 5.41) is 3.14. The van der Waals surface area contributed by atoms with E-state index >= 15 is 0 Å². The highest BCUT2D eigenvalue weighted by atomic mass is 35.5. The van der Waals surface area contributed by atoms with Crippen LogP contribution >= 0.6 is 24.8 Å². The Bertz CT molecular complexity index is 468. The number of nitrogens with one attached hydrogen (secondary N) is 1. The summed E-state index contributed by atoms with van der Waals surface area (Å²) in [4.78, 5) is 16.7. The van der Waals surface area contributed by atoms with Gasteiger partial charge in [-0.15, -0.1) is 24.8 Å². The molecule has 1 heterocycles. The van der Waals surface area contributed by atoms with Gasteiger partial charge in [0, 0.05) is 11.7 Å². The van der Waals surface area contributed by atoms with Crippen molar-refractivity contribution >= 4 is 30.7 Å². The van der Waals surface area contributed by atoms with E-state index in [2.05, 4.69) is 10.3 Å². The van der Waals surface area contributed by atoms with Crippen LogP contribution in [0.4, 0.5) is 0 Å². The molecule has 1 aromatic heterocycles. The van der Waals surface area contributed by atoms with E-state index in [9.17, 15) is 4.79 Å². The molecule has 1 saturated carbocycles. The Morgan fingerprint density at radius 3 is 2.57 bits per heavy atom. The summed E-state index contributed by atoms with van der Waals surface area (Å²) in [5.74, 6) is 0.395. The molecule has 1 aromatic rings. The first kappa shape index (κ1) is 20.2. The topological polar surface area (TPSA) is 68.0 Å². The first-order chi connectivity index (χ1) is 9.11. The number of rotatable bonds is 3. The number of aromatic nitrogens is 1. The highest BCUT2D eigenvalue weighted by Crippen LogP contribution is 2.24. The van der Waals surface area contributed by atoms with E-state index < -0.39 is 0 Å². The molecule has 2 atom stereocenters. The van der Waals surface area contributed by atoms with Crippen molar-refractivity contribution in [2.45, 2.75) is 45.6 Å². The van der Waals surface area contributed by atoms with Gasteiger partial charge in [0.2, 0.25) is 0 Å². The molecular formula is C15H25Cl2N3O. The molecule has 3 N–H and O–H groups in total. The Morgan fingerprint density at radius 1 is 1.29 bits per heavy atom. The molecule has 1 amide bonds. The van der Waals surface area contributed by atoms with Gasteiger partial charge in [0.05, 0.1) is 11.3 Å². The van der Waals surface area contributed by atoms with Crippen molar-refractivity contribution in [3.63, 3.8) is 0 Å². The fourth-order valence-corrected chi connectivity index (χ4v) is 2.85.